The van der Waals surface area contributed by atoms with E-state index < -0.39 is 5.92 Å². The van der Waals surface area contributed by atoms with Gasteiger partial charge in [-0.05, 0) is 42.3 Å². The van der Waals surface area contributed by atoms with E-state index in [1.165, 1.54) is 0 Å². The Labute approximate surface area is 192 Å². The Balaban J connectivity index is 1.56. The molecule has 0 spiro atoms. The molecule has 3 aromatic carbocycles. The molecule has 1 aromatic heterocycles. The largest absolute Gasteiger partial charge is 0.489 e. The third kappa shape index (κ3) is 3.81. The lowest BCUT2D eigenvalue weighted by atomic mass is 9.84. The number of aryl methyl sites for hydroxylation is 1. The van der Waals surface area contributed by atoms with Crippen molar-refractivity contribution in [2.75, 3.05) is 0 Å². The molecular formula is C27H22N4O2. The number of nitrogens with zero attached hydrogens (tertiary/aromatic N) is 3. The van der Waals surface area contributed by atoms with Crippen LogP contribution in [0.5, 0.6) is 11.6 Å². The predicted molar refractivity (Wildman–Crippen MR) is 125 cm³/mol. The van der Waals surface area contributed by atoms with E-state index >= 15 is 0 Å². The number of para-hydroxylation sites is 1. The molecular weight excluding hydrogens is 412 g/mol. The number of fused-ring (bicyclic) bond motifs is 1. The van der Waals surface area contributed by atoms with Crippen molar-refractivity contribution in [3.05, 3.63) is 119 Å². The molecule has 6 nitrogen and oxygen atoms in total. The van der Waals surface area contributed by atoms with Crippen LogP contribution in [0.1, 0.15) is 28.3 Å². The Bertz CT molecular complexity index is 1370. The molecule has 0 bridgehead atoms. The molecule has 33 heavy (non-hydrogen) atoms. The summed E-state index contributed by atoms with van der Waals surface area (Å²) in [6, 6.07) is 29.7. The standard InChI is InChI=1S/C27H22N4O2/c1-18-24-25(20-11-8-14-22(15-20)32-17-19-9-4-2-5-10-19)23(16-28)26(29)33-27(24)31(30-18)21-12-6-3-7-13-21/h2-15,25H,17,29H2,1H3. The molecule has 1 aliphatic heterocycles. The zero-order valence-electron chi connectivity index (χ0n) is 18.1. The first-order valence-electron chi connectivity index (χ1n) is 10.6. The van der Waals surface area contributed by atoms with Crippen molar-refractivity contribution in [3.63, 3.8) is 0 Å². The minimum Gasteiger partial charge on any atom is -0.489 e. The van der Waals surface area contributed by atoms with Gasteiger partial charge in [0, 0.05) is 0 Å². The van der Waals surface area contributed by atoms with Crippen LogP contribution in [-0.4, -0.2) is 9.78 Å². The fourth-order valence-electron chi connectivity index (χ4n) is 4.12. The summed E-state index contributed by atoms with van der Waals surface area (Å²) in [6.07, 6.45) is 0. The lowest BCUT2D eigenvalue weighted by molar-refractivity contribution is 0.305. The smallest absolute Gasteiger partial charge is 0.229 e. The third-order valence-electron chi connectivity index (χ3n) is 5.67. The maximum atomic E-state index is 9.93. The predicted octanol–water partition coefficient (Wildman–Crippen LogP) is 4.98. The van der Waals surface area contributed by atoms with Crippen molar-refractivity contribution < 1.29 is 9.47 Å². The van der Waals surface area contributed by atoms with Crippen molar-refractivity contribution in [1.82, 2.24) is 9.78 Å². The first-order chi connectivity index (χ1) is 16.2. The Morgan fingerprint density at radius 2 is 1.76 bits per heavy atom. The van der Waals surface area contributed by atoms with E-state index in [2.05, 4.69) is 6.07 Å². The van der Waals surface area contributed by atoms with Crippen LogP contribution in [0.25, 0.3) is 5.69 Å². The molecule has 1 aliphatic rings. The van der Waals surface area contributed by atoms with E-state index in [1.807, 2.05) is 91.9 Å². The molecule has 0 saturated heterocycles. The number of hydrogen-bond donors (Lipinski definition) is 1. The second-order valence-corrected chi connectivity index (χ2v) is 7.82. The molecule has 0 fully saturated rings. The number of rotatable bonds is 5. The second-order valence-electron chi connectivity index (χ2n) is 7.82. The van der Waals surface area contributed by atoms with Crippen LogP contribution in [0.2, 0.25) is 0 Å². The van der Waals surface area contributed by atoms with E-state index in [0.29, 0.717) is 23.8 Å². The van der Waals surface area contributed by atoms with Crippen molar-refractivity contribution in [2.24, 2.45) is 5.73 Å². The van der Waals surface area contributed by atoms with E-state index in [0.717, 1.165) is 28.1 Å². The minimum atomic E-state index is -0.406. The highest BCUT2D eigenvalue weighted by molar-refractivity contribution is 5.57. The van der Waals surface area contributed by atoms with Gasteiger partial charge in [0.05, 0.1) is 22.9 Å². The van der Waals surface area contributed by atoms with Crippen LogP contribution in [-0.2, 0) is 6.61 Å². The first kappa shape index (κ1) is 20.4. The number of benzene rings is 3. The van der Waals surface area contributed by atoms with Crippen molar-refractivity contribution in [3.8, 4) is 23.4 Å². The number of nitriles is 1. The lowest BCUT2D eigenvalue weighted by Gasteiger charge is -2.25. The fraction of sp³-hybridized carbons (Fsp3) is 0.111. The van der Waals surface area contributed by atoms with Gasteiger partial charge in [0.2, 0.25) is 11.8 Å². The van der Waals surface area contributed by atoms with Crippen molar-refractivity contribution in [2.45, 2.75) is 19.4 Å². The van der Waals surface area contributed by atoms with Gasteiger partial charge in [-0.2, -0.15) is 10.4 Å². The molecule has 5 rings (SSSR count). The number of allylic oxidation sites excluding steroid dienone is 1. The molecule has 0 aliphatic carbocycles. The highest BCUT2D eigenvalue weighted by atomic mass is 16.5. The molecule has 0 radical (unpaired) electrons. The fourth-order valence-corrected chi connectivity index (χ4v) is 4.12. The Morgan fingerprint density at radius 1 is 1.03 bits per heavy atom. The highest BCUT2D eigenvalue weighted by Crippen LogP contribution is 2.45. The summed E-state index contributed by atoms with van der Waals surface area (Å²) in [5, 5.41) is 14.6. The van der Waals surface area contributed by atoms with Crippen LogP contribution in [0, 0.1) is 18.3 Å². The molecule has 2 N–H and O–H groups in total. The zero-order chi connectivity index (χ0) is 22.8. The van der Waals surface area contributed by atoms with Gasteiger partial charge >= 0.3 is 0 Å². The zero-order valence-corrected chi connectivity index (χ0v) is 18.1. The van der Waals surface area contributed by atoms with Gasteiger partial charge in [0.15, 0.2) is 0 Å². The summed E-state index contributed by atoms with van der Waals surface area (Å²) in [6.45, 7) is 2.37. The molecule has 162 valence electrons. The van der Waals surface area contributed by atoms with E-state index in [-0.39, 0.29) is 5.88 Å². The summed E-state index contributed by atoms with van der Waals surface area (Å²) < 4.78 is 13.7. The van der Waals surface area contributed by atoms with Gasteiger partial charge in [-0.25, -0.2) is 4.68 Å². The lowest BCUT2D eigenvalue weighted by Crippen LogP contribution is -2.22. The summed E-state index contributed by atoms with van der Waals surface area (Å²) >= 11 is 0. The summed E-state index contributed by atoms with van der Waals surface area (Å²) in [5.74, 6) is 0.920. The molecule has 1 unspecified atom stereocenters. The van der Waals surface area contributed by atoms with Gasteiger partial charge in [-0.15, -0.1) is 0 Å². The average Bonchev–Trinajstić information content (AvgIpc) is 3.19. The SMILES string of the molecule is Cc1nn(-c2ccccc2)c2c1C(c1cccc(OCc3ccccc3)c1)C(C#N)=C(N)O2. The van der Waals surface area contributed by atoms with Crippen LogP contribution in [0.15, 0.2) is 96.4 Å². The van der Waals surface area contributed by atoms with E-state index in [4.69, 9.17) is 20.3 Å². The van der Waals surface area contributed by atoms with Crippen LogP contribution in [0.3, 0.4) is 0 Å². The number of nitrogens with two attached hydrogens (primary N) is 1. The average molecular weight is 434 g/mol. The topological polar surface area (TPSA) is 86.1 Å². The van der Waals surface area contributed by atoms with Crippen molar-refractivity contribution >= 4 is 0 Å². The van der Waals surface area contributed by atoms with E-state index in [1.54, 1.807) is 4.68 Å². The first-order valence-corrected chi connectivity index (χ1v) is 10.6. The number of ether oxygens (including phenoxy) is 2. The number of hydrogen-bond acceptors (Lipinski definition) is 5. The van der Waals surface area contributed by atoms with E-state index in [9.17, 15) is 5.26 Å². The summed E-state index contributed by atoms with van der Waals surface area (Å²) in [5.41, 5.74) is 11.0. The van der Waals surface area contributed by atoms with Gasteiger partial charge in [0.25, 0.3) is 0 Å². The van der Waals surface area contributed by atoms with Crippen LogP contribution >= 0.6 is 0 Å². The Morgan fingerprint density at radius 3 is 2.48 bits per heavy atom. The quantitative estimate of drug-likeness (QED) is 0.479. The van der Waals surface area contributed by atoms with Crippen LogP contribution in [0.4, 0.5) is 0 Å². The Kier molecular flexibility index (Phi) is 5.29. The van der Waals surface area contributed by atoms with Gasteiger partial charge in [-0.1, -0.05) is 60.7 Å². The van der Waals surface area contributed by atoms with Gasteiger partial charge in [-0.3, -0.25) is 0 Å². The molecule has 4 aromatic rings. The van der Waals surface area contributed by atoms with Crippen LogP contribution < -0.4 is 15.2 Å². The molecule has 0 amide bonds. The molecule has 2 heterocycles. The Hall–Kier alpha value is -4.50. The molecule has 1 atom stereocenters. The molecule has 6 heteroatoms. The summed E-state index contributed by atoms with van der Waals surface area (Å²) in [7, 11) is 0. The van der Waals surface area contributed by atoms with Crippen molar-refractivity contribution in [1.29, 1.82) is 5.26 Å². The third-order valence-corrected chi connectivity index (χ3v) is 5.67. The minimum absolute atomic E-state index is 0.0858. The summed E-state index contributed by atoms with van der Waals surface area (Å²) in [4.78, 5) is 0. The normalized spacial score (nSPS) is 14.8. The maximum Gasteiger partial charge on any atom is 0.229 e. The second kappa shape index (κ2) is 8.56. The maximum absolute atomic E-state index is 9.93. The van der Waals surface area contributed by atoms with Gasteiger partial charge in [0.1, 0.15) is 24.0 Å². The monoisotopic (exact) mass is 434 g/mol. The number of aromatic nitrogens is 2. The highest BCUT2D eigenvalue weighted by Gasteiger charge is 2.36. The molecule has 0 saturated carbocycles. The van der Waals surface area contributed by atoms with Gasteiger partial charge < -0.3 is 15.2 Å².